The molecule has 2 aromatic rings. The Labute approximate surface area is 143 Å². The maximum Gasteiger partial charge on any atom is 0.323 e. The number of amides is 2. The van der Waals surface area contributed by atoms with Gasteiger partial charge in [-0.2, -0.15) is 0 Å². The van der Waals surface area contributed by atoms with Crippen molar-refractivity contribution < 1.29 is 19.5 Å². The van der Waals surface area contributed by atoms with Gasteiger partial charge in [0.2, 0.25) is 11.8 Å². The highest BCUT2D eigenvalue weighted by Crippen LogP contribution is 2.60. The van der Waals surface area contributed by atoms with Crippen molar-refractivity contribution in [2.24, 2.45) is 11.8 Å². The number of imide groups is 1. The van der Waals surface area contributed by atoms with Crippen LogP contribution in [-0.2, 0) is 14.4 Å². The molecule has 2 amide bonds. The standard InChI is InChI=1S/C20H15NO4/c22-14(23)9-21-19(24)17-15-10-5-1-2-6-11(10)16(18(17)20(21)25)13-8-4-3-7-12(13)15/h1-8,15-18H,9H2,(H,22,23)/t15?,16?,17-,18+. The van der Waals surface area contributed by atoms with Crippen LogP contribution in [0.15, 0.2) is 48.5 Å². The lowest BCUT2D eigenvalue weighted by atomic mass is 9.55. The van der Waals surface area contributed by atoms with Crippen molar-refractivity contribution in [1.82, 2.24) is 4.90 Å². The normalized spacial score (nSPS) is 28.6. The lowest BCUT2D eigenvalue weighted by molar-refractivity contribution is -0.149. The second kappa shape index (κ2) is 4.79. The Kier molecular flexibility index (Phi) is 2.76. The number of rotatable bonds is 2. The molecular weight excluding hydrogens is 318 g/mol. The van der Waals surface area contributed by atoms with E-state index >= 15 is 0 Å². The van der Waals surface area contributed by atoms with E-state index in [4.69, 9.17) is 5.11 Å². The van der Waals surface area contributed by atoms with Gasteiger partial charge >= 0.3 is 5.97 Å². The monoisotopic (exact) mass is 333 g/mol. The van der Waals surface area contributed by atoms with Gasteiger partial charge in [-0.15, -0.1) is 0 Å². The fraction of sp³-hybridized carbons (Fsp3) is 0.250. The first-order valence-electron chi connectivity index (χ1n) is 8.34. The molecule has 2 atom stereocenters. The average Bonchev–Trinajstić information content (AvgIpc) is 2.87. The van der Waals surface area contributed by atoms with E-state index in [1.54, 1.807) is 0 Å². The van der Waals surface area contributed by atoms with Crippen LogP contribution in [0, 0.1) is 11.8 Å². The van der Waals surface area contributed by atoms with E-state index in [1.165, 1.54) is 0 Å². The molecule has 0 spiro atoms. The highest BCUT2D eigenvalue weighted by atomic mass is 16.4. The number of hydrogen-bond acceptors (Lipinski definition) is 3. The Balaban J connectivity index is 1.74. The lowest BCUT2D eigenvalue weighted by Crippen LogP contribution is -2.41. The van der Waals surface area contributed by atoms with Gasteiger partial charge in [0.15, 0.2) is 0 Å². The Hall–Kier alpha value is -2.95. The topological polar surface area (TPSA) is 74.7 Å². The number of benzene rings is 2. The smallest absolute Gasteiger partial charge is 0.323 e. The molecule has 1 aliphatic heterocycles. The molecule has 5 nitrogen and oxygen atoms in total. The van der Waals surface area contributed by atoms with Crippen molar-refractivity contribution in [2.75, 3.05) is 6.54 Å². The van der Waals surface area contributed by atoms with Crippen molar-refractivity contribution in [3.05, 3.63) is 70.8 Å². The molecule has 0 aromatic heterocycles. The van der Waals surface area contributed by atoms with Crippen molar-refractivity contribution in [2.45, 2.75) is 11.8 Å². The molecule has 6 rings (SSSR count). The molecule has 1 heterocycles. The summed E-state index contributed by atoms with van der Waals surface area (Å²) in [6.45, 7) is -0.559. The third-order valence-electron chi connectivity index (χ3n) is 5.83. The number of carboxylic acids is 1. The number of carbonyl (C=O) groups is 3. The van der Waals surface area contributed by atoms with Gasteiger partial charge < -0.3 is 5.11 Å². The first-order valence-corrected chi connectivity index (χ1v) is 8.34. The predicted octanol–water partition coefficient (Wildman–Crippen LogP) is 1.96. The van der Waals surface area contributed by atoms with Crippen molar-refractivity contribution in [3.63, 3.8) is 0 Å². The number of carbonyl (C=O) groups excluding carboxylic acids is 2. The number of nitrogens with zero attached hydrogens (tertiary/aromatic N) is 1. The Morgan fingerprint density at radius 3 is 1.48 bits per heavy atom. The number of hydrogen-bond donors (Lipinski definition) is 1. The Bertz CT molecular complexity index is 835. The summed E-state index contributed by atoms with van der Waals surface area (Å²) < 4.78 is 0. The van der Waals surface area contributed by atoms with E-state index in [-0.39, 0.29) is 23.7 Å². The van der Waals surface area contributed by atoms with Gasteiger partial charge in [0.05, 0.1) is 11.8 Å². The molecule has 2 bridgehead atoms. The summed E-state index contributed by atoms with van der Waals surface area (Å²) in [7, 11) is 0. The summed E-state index contributed by atoms with van der Waals surface area (Å²) in [6, 6.07) is 15.9. The molecule has 124 valence electrons. The van der Waals surface area contributed by atoms with E-state index < -0.39 is 24.3 Å². The summed E-state index contributed by atoms with van der Waals surface area (Å²) in [6.07, 6.45) is 0. The van der Waals surface area contributed by atoms with Crippen LogP contribution >= 0.6 is 0 Å². The zero-order valence-corrected chi connectivity index (χ0v) is 13.3. The van der Waals surface area contributed by atoms with Crippen molar-refractivity contribution in [3.8, 4) is 0 Å². The zero-order valence-electron chi connectivity index (χ0n) is 13.3. The van der Waals surface area contributed by atoms with E-state index in [2.05, 4.69) is 0 Å². The number of likely N-dealkylation sites (tertiary alicyclic amines) is 1. The predicted molar refractivity (Wildman–Crippen MR) is 87.9 cm³/mol. The third-order valence-corrected chi connectivity index (χ3v) is 5.83. The zero-order chi connectivity index (χ0) is 17.3. The molecule has 4 aliphatic rings. The molecule has 0 saturated carbocycles. The molecule has 1 N–H and O–H groups in total. The third kappa shape index (κ3) is 1.70. The van der Waals surface area contributed by atoms with Crippen LogP contribution in [0.5, 0.6) is 0 Å². The minimum absolute atomic E-state index is 0.183. The van der Waals surface area contributed by atoms with Gasteiger partial charge in [-0.1, -0.05) is 48.5 Å². The maximum absolute atomic E-state index is 12.9. The average molecular weight is 333 g/mol. The van der Waals surface area contributed by atoms with Crippen LogP contribution < -0.4 is 0 Å². The largest absolute Gasteiger partial charge is 0.480 e. The van der Waals surface area contributed by atoms with E-state index in [0.29, 0.717) is 0 Å². The Morgan fingerprint density at radius 2 is 1.16 bits per heavy atom. The van der Waals surface area contributed by atoms with Gasteiger partial charge in [-0.3, -0.25) is 19.3 Å². The molecule has 0 radical (unpaired) electrons. The van der Waals surface area contributed by atoms with Gasteiger partial charge in [0.25, 0.3) is 0 Å². The van der Waals surface area contributed by atoms with Crippen LogP contribution in [0.1, 0.15) is 34.1 Å². The molecular formula is C20H15NO4. The summed E-state index contributed by atoms with van der Waals surface area (Å²) in [4.78, 5) is 37.9. The molecule has 5 heteroatoms. The SMILES string of the molecule is O=C(O)CN1C(=O)[C@@H]2C3c4ccccc4C(c4ccccc43)[C@@H]2C1=O. The number of carboxylic acid groups (broad SMARTS) is 1. The molecule has 0 unspecified atom stereocenters. The van der Waals surface area contributed by atoms with Gasteiger partial charge in [0.1, 0.15) is 6.54 Å². The second-order valence-electron chi connectivity index (χ2n) is 6.92. The lowest BCUT2D eigenvalue weighted by Gasteiger charge is -2.45. The van der Waals surface area contributed by atoms with Crippen LogP contribution in [0.4, 0.5) is 0 Å². The summed E-state index contributed by atoms with van der Waals surface area (Å²) >= 11 is 0. The Morgan fingerprint density at radius 1 is 0.800 bits per heavy atom. The van der Waals surface area contributed by atoms with Crippen LogP contribution in [0.2, 0.25) is 0 Å². The summed E-state index contributed by atoms with van der Waals surface area (Å²) in [5.74, 6) is -3.23. The fourth-order valence-electron chi connectivity index (χ4n) is 5.03. The summed E-state index contributed by atoms with van der Waals surface area (Å²) in [5, 5.41) is 9.09. The van der Waals surface area contributed by atoms with Gasteiger partial charge in [-0.05, 0) is 22.3 Å². The minimum Gasteiger partial charge on any atom is -0.480 e. The molecule has 3 aliphatic carbocycles. The van der Waals surface area contributed by atoms with Gasteiger partial charge in [-0.25, -0.2) is 0 Å². The first kappa shape index (κ1) is 14.4. The highest BCUT2D eigenvalue weighted by molar-refractivity contribution is 6.09. The van der Waals surface area contributed by atoms with Crippen molar-refractivity contribution >= 4 is 17.8 Å². The maximum atomic E-state index is 12.9. The van der Waals surface area contributed by atoms with Crippen LogP contribution in [-0.4, -0.2) is 34.3 Å². The molecule has 2 aromatic carbocycles. The van der Waals surface area contributed by atoms with Crippen molar-refractivity contribution in [1.29, 1.82) is 0 Å². The number of aliphatic carboxylic acids is 1. The molecule has 1 fully saturated rings. The van der Waals surface area contributed by atoms with E-state index in [0.717, 1.165) is 27.2 Å². The van der Waals surface area contributed by atoms with Gasteiger partial charge in [0, 0.05) is 11.8 Å². The quantitative estimate of drug-likeness (QED) is 0.853. The first-order chi connectivity index (χ1) is 12.1. The van der Waals surface area contributed by atoms with E-state index in [9.17, 15) is 14.4 Å². The summed E-state index contributed by atoms with van der Waals surface area (Å²) in [5.41, 5.74) is 4.35. The fourth-order valence-corrected chi connectivity index (χ4v) is 5.03. The second-order valence-corrected chi connectivity index (χ2v) is 6.92. The van der Waals surface area contributed by atoms with E-state index in [1.807, 2.05) is 48.5 Å². The van der Waals surface area contributed by atoms with Crippen LogP contribution in [0.25, 0.3) is 0 Å². The minimum atomic E-state index is -1.16. The molecule has 25 heavy (non-hydrogen) atoms. The van der Waals surface area contributed by atoms with Crippen LogP contribution in [0.3, 0.4) is 0 Å². The highest BCUT2D eigenvalue weighted by Gasteiger charge is 2.61. The molecule has 1 saturated heterocycles.